The van der Waals surface area contributed by atoms with Crippen LogP contribution in [-0.2, 0) is 0 Å². The number of nitrogens with zero attached hydrogens (tertiary/aromatic N) is 2. The monoisotopic (exact) mass is 258 g/mol. The molecular formula is C12H10N4O3. The van der Waals surface area contributed by atoms with E-state index in [0.717, 1.165) is 0 Å². The number of carbonyl (C=O) groups is 2. The Morgan fingerprint density at radius 1 is 1.16 bits per heavy atom. The van der Waals surface area contributed by atoms with Crippen molar-refractivity contribution < 1.29 is 14.7 Å². The van der Waals surface area contributed by atoms with Gasteiger partial charge in [0.25, 0.3) is 0 Å². The fourth-order valence-corrected chi connectivity index (χ4v) is 1.41. The van der Waals surface area contributed by atoms with Crippen LogP contribution in [0.15, 0.2) is 36.4 Å². The third-order valence-electron chi connectivity index (χ3n) is 2.30. The SMILES string of the molecule is NC(=O)c1cccc(Nc2ccc(C(=O)O)nn2)c1. The molecule has 7 heteroatoms. The molecule has 0 saturated carbocycles. The second kappa shape index (κ2) is 5.13. The van der Waals surface area contributed by atoms with Gasteiger partial charge in [-0.2, -0.15) is 0 Å². The third kappa shape index (κ3) is 3.03. The van der Waals surface area contributed by atoms with Crippen molar-refractivity contribution >= 4 is 23.4 Å². The molecule has 0 aliphatic carbocycles. The Bertz CT molecular complexity index is 625. The number of aromatic carboxylic acids is 1. The number of hydrogen-bond acceptors (Lipinski definition) is 5. The average Bonchev–Trinajstić information content (AvgIpc) is 2.39. The van der Waals surface area contributed by atoms with E-state index in [4.69, 9.17) is 10.8 Å². The van der Waals surface area contributed by atoms with Crippen LogP contribution in [0.1, 0.15) is 20.8 Å². The van der Waals surface area contributed by atoms with Gasteiger partial charge in [-0.15, -0.1) is 10.2 Å². The van der Waals surface area contributed by atoms with Gasteiger partial charge in [0, 0.05) is 11.3 Å². The molecule has 0 aliphatic heterocycles. The van der Waals surface area contributed by atoms with Gasteiger partial charge in [-0.05, 0) is 30.3 Å². The minimum absolute atomic E-state index is 0.142. The lowest BCUT2D eigenvalue weighted by Gasteiger charge is -2.05. The number of aromatic nitrogens is 2. The summed E-state index contributed by atoms with van der Waals surface area (Å²) in [6.07, 6.45) is 0. The van der Waals surface area contributed by atoms with Crippen LogP contribution >= 0.6 is 0 Å². The van der Waals surface area contributed by atoms with E-state index >= 15 is 0 Å². The molecule has 0 saturated heterocycles. The van der Waals surface area contributed by atoms with E-state index in [1.165, 1.54) is 12.1 Å². The van der Waals surface area contributed by atoms with E-state index in [1.54, 1.807) is 24.3 Å². The molecule has 4 N–H and O–H groups in total. The number of nitrogens with two attached hydrogens (primary N) is 1. The topological polar surface area (TPSA) is 118 Å². The van der Waals surface area contributed by atoms with Crippen LogP contribution in [-0.4, -0.2) is 27.2 Å². The summed E-state index contributed by atoms with van der Waals surface area (Å²) in [5.74, 6) is -1.31. The van der Waals surface area contributed by atoms with Crippen LogP contribution in [0.4, 0.5) is 11.5 Å². The standard InChI is InChI=1S/C12H10N4O3/c13-11(17)7-2-1-3-8(6-7)14-10-5-4-9(12(18)19)15-16-10/h1-6H,(H2,13,17)(H,14,16)(H,18,19). The Morgan fingerprint density at radius 2 is 1.95 bits per heavy atom. The average molecular weight is 258 g/mol. The second-order valence-corrected chi connectivity index (χ2v) is 3.68. The van der Waals surface area contributed by atoms with Crippen LogP contribution in [0.2, 0.25) is 0 Å². The van der Waals surface area contributed by atoms with Gasteiger partial charge < -0.3 is 16.2 Å². The highest BCUT2D eigenvalue weighted by atomic mass is 16.4. The number of primary amides is 1. The van der Waals surface area contributed by atoms with E-state index in [-0.39, 0.29) is 5.69 Å². The zero-order chi connectivity index (χ0) is 13.8. The number of hydrogen-bond donors (Lipinski definition) is 3. The maximum absolute atomic E-state index is 11.0. The third-order valence-corrected chi connectivity index (χ3v) is 2.30. The molecule has 2 aromatic rings. The summed E-state index contributed by atoms with van der Waals surface area (Å²) in [6, 6.07) is 9.35. The number of rotatable bonds is 4. The molecule has 1 amide bonds. The minimum atomic E-state index is -1.14. The van der Waals surface area contributed by atoms with E-state index in [1.807, 2.05) is 0 Å². The fraction of sp³-hybridized carbons (Fsp3) is 0. The maximum atomic E-state index is 11.0. The molecule has 0 spiro atoms. The highest BCUT2D eigenvalue weighted by Crippen LogP contribution is 2.15. The number of amides is 1. The summed E-state index contributed by atoms with van der Waals surface area (Å²) in [6.45, 7) is 0. The normalized spacial score (nSPS) is 9.89. The molecule has 0 fully saturated rings. The van der Waals surface area contributed by atoms with Crippen LogP contribution < -0.4 is 11.1 Å². The molecule has 0 atom stereocenters. The zero-order valence-electron chi connectivity index (χ0n) is 9.70. The number of benzene rings is 1. The van der Waals surface area contributed by atoms with Crippen molar-refractivity contribution in [1.82, 2.24) is 10.2 Å². The molecule has 1 aromatic carbocycles. The molecule has 0 radical (unpaired) electrons. The first kappa shape index (κ1) is 12.5. The number of carbonyl (C=O) groups excluding carboxylic acids is 1. The molecule has 96 valence electrons. The number of nitrogens with one attached hydrogen (secondary N) is 1. The molecule has 0 aliphatic rings. The second-order valence-electron chi connectivity index (χ2n) is 3.68. The smallest absolute Gasteiger partial charge is 0.356 e. The number of anilines is 2. The van der Waals surface area contributed by atoms with E-state index in [9.17, 15) is 9.59 Å². The van der Waals surface area contributed by atoms with E-state index in [2.05, 4.69) is 15.5 Å². The van der Waals surface area contributed by atoms with Gasteiger partial charge >= 0.3 is 5.97 Å². The Morgan fingerprint density at radius 3 is 2.53 bits per heavy atom. The van der Waals surface area contributed by atoms with Gasteiger partial charge in [0.1, 0.15) is 0 Å². The van der Waals surface area contributed by atoms with Crippen molar-refractivity contribution in [3.63, 3.8) is 0 Å². The summed E-state index contributed by atoms with van der Waals surface area (Å²) in [5.41, 5.74) is 5.99. The highest BCUT2D eigenvalue weighted by Gasteiger charge is 2.06. The van der Waals surface area contributed by atoms with Gasteiger partial charge in [-0.1, -0.05) is 6.07 Å². The first-order valence-corrected chi connectivity index (χ1v) is 5.30. The molecule has 0 bridgehead atoms. The van der Waals surface area contributed by atoms with Gasteiger partial charge in [0.15, 0.2) is 11.5 Å². The summed E-state index contributed by atoms with van der Waals surface area (Å²) in [5, 5.41) is 18.8. The number of carboxylic acid groups (broad SMARTS) is 1. The Labute approximate surface area is 108 Å². The van der Waals surface area contributed by atoms with Crippen molar-refractivity contribution in [3.8, 4) is 0 Å². The zero-order valence-corrected chi connectivity index (χ0v) is 9.70. The molecule has 1 heterocycles. The Balaban J connectivity index is 2.19. The number of carboxylic acids is 1. The van der Waals surface area contributed by atoms with Gasteiger partial charge in [-0.3, -0.25) is 4.79 Å². The van der Waals surface area contributed by atoms with Crippen molar-refractivity contribution in [3.05, 3.63) is 47.7 Å². The fourth-order valence-electron chi connectivity index (χ4n) is 1.41. The van der Waals surface area contributed by atoms with Gasteiger partial charge in [0.2, 0.25) is 5.91 Å². The first-order chi connectivity index (χ1) is 9.06. The van der Waals surface area contributed by atoms with Crippen LogP contribution in [0.3, 0.4) is 0 Å². The predicted octanol–water partition coefficient (Wildman–Crippen LogP) is 1.02. The van der Waals surface area contributed by atoms with Gasteiger partial charge in [-0.25, -0.2) is 4.79 Å². The molecular weight excluding hydrogens is 248 g/mol. The molecule has 7 nitrogen and oxygen atoms in total. The van der Waals surface area contributed by atoms with Gasteiger partial charge in [0.05, 0.1) is 0 Å². The first-order valence-electron chi connectivity index (χ1n) is 5.30. The summed E-state index contributed by atoms with van der Waals surface area (Å²) in [4.78, 5) is 21.6. The lowest BCUT2D eigenvalue weighted by atomic mass is 10.2. The summed E-state index contributed by atoms with van der Waals surface area (Å²) in [7, 11) is 0. The van der Waals surface area contributed by atoms with Crippen LogP contribution in [0.5, 0.6) is 0 Å². The maximum Gasteiger partial charge on any atom is 0.356 e. The van der Waals surface area contributed by atoms with Crippen molar-refractivity contribution in [2.45, 2.75) is 0 Å². The highest BCUT2D eigenvalue weighted by molar-refractivity contribution is 5.93. The molecule has 0 unspecified atom stereocenters. The van der Waals surface area contributed by atoms with E-state index in [0.29, 0.717) is 17.1 Å². The lowest BCUT2D eigenvalue weighted by molar-refractivity contribution is 0.0689. The Hall–Kier alpha value is -2.96. The largest absolute Gasteiger partial charge is 0.476 e. The minimum Gasteiger partial charge on any atom is -0.476 e. The molecule has 19 heavy (non-hydrogen) atoms. The summed E-state index contributed by atoms with van der Waals surface area (Å²) >= 11 is 0. The van der Waals surface area contributed by atoms with E-state index < -0.39 is 11.9 Å². The van der Waals surface area contributed by atoms with Crippen LogP contribution in [0, 0.1) is 0 Å². The lowest BCUT2D eigenvalue weighted by Crippen LogP contribution is -2.11. The summed E-state index contributed by atoms with van der Waals surface area (Å²) < 4.78 is 0. The molecule has 1 aromatic heterocycles. The Kier molecular flexibility index (Phi) is 3.37. The van der Waals surface area contributed by atoms with Crippen molar-refractivity contribution in [2.24, 2.45) is 5.73 Å². The van der Waals surface area contributed by atoms with Crippen LogP contribution in [0.25, 0.3) is 0 Å². The molecule has 2 rings (SSSR count). The quantitative estimate of drug-likeness (QED) is 0.753. The van der Waals surface area contributed by atoms with Crippen molar-refractivity contribution in [2.75, 3.05) is 5.32 Å². The van der Waals surface area contributed by atoms with Crippen molar-refractivity contribution in [1.29, 1.82) is 0 Å². The predicted molar refractivity (Wildman–Crippen MR) is 67.2 cm³/mol.